The molecule has 8 heteroatoms. The third kappa shape index (κ3) is 5.44. The molecule has 5 nitrogen and oxygen atoms in total. The molecule has 1 heterocycles. The Hall–Kier alpha value is -1.14. The molecule has 1 aliphatic carbocycles. The maximum Gasteiger partial charge on any atom is 0.329 e. The van der Waals surface area contributed by atoms with Gasteiger partial charge in [-0.1, -0.05) is 47.3 Å². The Morgan fingerprint density at radius 2 is 1.71 bits per heavy atom. The molecule has 2 aliphatic rings. The number of ether oxygens (including phenoxy) is 1. The highest BCUT2D eigenvalue weighted by molar-refractivity contribution is 14.1. The van der Waals surface area contributed by atoms with E-state index in [1.165, 1.54) is 11.3 Å². The van der Waals surface area contributed by atoms with Gasteiger partial charge in [0.1, 0.15) is 18.1 Å². The second kappa shape index (κ2) is 10.2. The van der Waals surface area contributed by atoms with Crippen molar-refractivity contribution >= 4 is 79.1 Å². The SMILES string of the molecule is O=C1N/C(=C\c2cc(I)c(OCc3ccc(Br)cc3)c(I)c2)C(=O)N1C1CCCCC1. The van der Waals surface area contributed by atoms with Gasteiger partial charge in [0, 0.05) is 10.5 Å². The largest absolute Gasteiger partial charge is 0.487 e. The smallest absolute Gasteiger partial charge is 0.329 e. The summed E-state index contributed by atoms with van der Waals surface area (Å²) in [7, 11) is 0. The van der Waals surface area contributed by atoms with Gasteiger partial charge in [0.2, 0.25) is 0 Å². The fraction of sp³-hybridized carbons (Fsp3) is 0.304. The van der Waals surface area contributed by atoms with Gasteiger partial charge in [-0.05, 0) is 99.5 Å². The highest BCUT2D eigenvalue weighted by Gasteiger charge is 2.38. The van der Waals surface area contributed by atoms with Crippen molar-refractivity contribution in [3.8, 4) is 5.75 Å². The molecule has 2 aromatic rings. The van der Waals surface area contributed by atoms with Crippen molar-refractivity contribution < 1.29 is 14.3 Å². The van der Waals surface area contributed by atoms with Crippen LogP contribution in [0.2, 0.25) is 0 Å². The molecule has 0 unspecified atom stereocenters. The topological polar surface area (TPSA) is 58.6 Å². The lowest BCUT2D eigenvalue weighted by Gasteiger charge is -2.28. The number of nitrogens with one attached hydrogen (secondary N) is 1. The molecule has 1 saturated carbocycles. The molecule has 0 radical (unpaired) electrons. The zero-order chi connectivity index (χ0) is 22.0. The number of hydrogen-bond donors (Lipinski definition) is 1. The molecule has 0 spiro atoms. The highest BCUT2D eigenvalue weighted by Crippen LogP contribution is 2.32. The zero-order valence-electron chi connectivity index (χ0n) is 16.7. The number of hydrogen-bond acceptors (Lipinski definition) is 3. The number of nitrogens with zero attached hydrogens (tertiary/aromatic N) is 1. The summed E-state index contributed by atoms with van der Waals surface area (Å²) in [5.74, 6) is 0.592. The van der Waals surface area contributed by atoms with Gasteiger partial charge >= 0.3 is 6.03 Å². The Kier molecular flexibility index (Phi) is 7.58. The van der Waals surface area contributed by atoms with Crippen molar-refractivity contribution in [1.29, 1.82) is 0 Å². The summed E-state index contributed by atoms with van der Waals surface area (Å²) < 4.78 is 9.00. The van der Waals surface area contributed by atoms with Crippen molar-refractivity contribution in [3.63, 3.8) is 0 Å². The van der Waals surface area contributed by atoms with Crippen LogP contribution in [0.15, 0.2) is 46.6 Å². The predicted octanol–water partition coefficient (Wildman–Crippen LogP) is 6.46. The number of imide groups is 1. The first kappa shape index (κ1) is 23.0. The molecule has 2 fully saturated rings. The van der Waals surface area contributed by atoms with Gasteiger partial charge in [0.25, 0.3) is 5.91 Å². The second-order valence-corrected chi connectivity index (χ2v) is 10.9. The normalized spacial score (nSPS) is 18.5. The molecule has 1 aliphatic heterocycles. The van der Waals surface area contributed by atoms with Crippen LogP contribution in [0.4, 0.5) is 4.79 Å². The molecule has 1 N–H and O–H groups in total. The van der Waals surface area contributed by atoms with Gasteiger partial charge in [0.05, 0.1) is 7.14 Å². The van der Waals surface area contributed by atoms with E-state index >= 15 is 0 Å². The molecule has 31 heavy (non-hydrogen) atoms. The van der Waals surface area contributed by atoms with Gasteiger partial charge in [-0.3, -0.25) is 9.69 Å². The van der Waals surface area contributed by atoms with Gasteiger partial charge in [-0.25, -0.2) is 4.79 Å². The quantitative estimate of drug-likeness (QED) is 0.221. The Bertz CT molecular complexity index is 1010. The average molecular weight is 707 g/mol. The molecular formula is C23H21BrI2N2O3. The second-order valence-electron chi connectivity index (χ2n) is 7.68. The van der Waals surface area contributed by atoms with Gasteiger partial charge in [0.15, 0.2) is 0 Å². The van der Waals surface area contributed by atoms with E-state index in [4.69, 9.17) is 4.74 Å². The van der Waals surface area contributed by atoms with Gasteiger partial charge in [-0.15, -0.1) is 0 Å². The summed E-state index contributed by atoms with van der Waals surface area (Å²) >= 11 is 7.93. The van der Waals surface area contributed by atoms with E-state index in [2.05, 4.69) is 66.4 Å². The summed E-state index contributed by atoms with van der Waals surface area (Å²) in [4.78, 5) is 26.7. The maximum absolute atomic E-state index is 12.9. The van der Waals surface area contributed by atoms with Crippen molar-refractivity contribution in [1.82, 2.24) is 10.2 Å². The maximum atomic E-state index is 12.9. The molecular weight excluding hydrogens is 686 g/mol. The van der Waals surface area contributed by atoms with E-state index in [0.29, 0.717) is 12.3 Å². The molecule has 3 amide bonds. The fourth-order valence-electron chi connectivity index (χ4n) is 3.92. The van der Waals surface area contributed by atoms with Crippen LogP contribution < -0.4 is 10.1 Å². The summed E-state index contributed by atoms with van der Waals surface area (Å²) in [5, 5.41) is 2.76. The number of carbonyl (C=O) groups excluding carboxylic acids is 2. The first-order valence-electron chi connectivity index (χ1n) is 10.1. The van der Waals surface area contributed by atoms with Crippen molar-refractivity contribution in [2.75, 3.05) is 0 Å². The van der Waals surface area contributed by atoms with Crippen molar-refractivity contribution in [2.24, 2.45) is 0 Å². The van der Waals surface area contributed by atoms with Crippen LogP contribution >= 0.6 is 61.1 Å². The lowest BCUT2D eigenvalue weighted by Crippen LogP contribution is -2.41. The van der Waals surface area contributed by atoms with Crippen LogP contribution in [0.5, 0.6) is 5.75 Å². The summed E-state index contributed by atoms with van der Waals surface area (Å²) in [6, 6.07) is 11.7. The summed E-state index contributed by atoms with van der Waals surface area (Å²) in [5.41, 5.74) is 2.28. The van der Waals surface area contributed by atoms with Crippen molar-refractivity contribution in [3.05, 3.63) is 64.8 Å². The minimum atomic E-state index is -0.304. The molecule has 0 bridgehead atoms. The van der Waals surface area contributed by atoms with Crippen LogP contribution in [0, 0.1) is 7.14 Å². The molecule has 1 saturated heterocycles. The number of halogens is 3. The first-order valence-corrected chi connectivity index (χ1v) is 13.1. The van der Waals surface area contributed by atoms with Crippen LogP contribution in [-0.2, 0) is 11.4 Å². The minimum Gasteiger partial charge on any atom is -0.487 e. The average Bonchev–Trinajstić information content (AvgIpc) is 3.02. The highest BCUT2D eigenvalue weighted by atomic mass is 127. The Morgan fingerprint density at radius 3 is 2.35 bits per heavy atom. The Labute approximate surface area is 217 Å². The summed E-state index contributed by atoms with van der Waals surface area (Å²) in [6.07, 6.45) is 6.86. The van der Waals surface area contributed by atoms with E-state index in [0.717, 1.165) is 54.2 Å². The van der Waals surface area contributed by atoms with Crippen LogP contribution in [0.1, 0.15) is 43.2 Å². The molecule has 2 aromatic carbocycles. The van der Waals surface area contributed by atoms with Crippen LogP contribution in [0.3, 0.4) is 0 Å². The monoisotopic (exact) mass is 706 g/mol. The minimum absolute atomic E-state index is 0.0156. The third-order valence-corrected chi connectivity index (χ3v) is 7.61. The van der Waals surface area contributed by atoms with E-state index in [9.17, 15) is 9.59 Å². The molecule has 0 atom stereocenters. The predicted molar refractivity (Wildman–Crippen MR) is 141 cm³/mol. The zero-order valence-corrected chi connectivity index (χ0v) is 22.6. The lowest BCUT2D eigenvalue weighted by molar-refractivity contribution is -0.124. The standard InChI is InChI=1S/C23H21BrI2N2O3/c24-16-8-6-14(7-9-16)13-31-21-18(25)10-15(11-19(21)26)12-20-22(29)28(23(30)27-20)17-4-2-1-3-5-17/h6-12,17H,1-5,13H2,(H,27,30)/b20-12-. The first-order chi connectivity index (χ1) is 14.9. The van der Waals surface area contributed by atoms with Crippen LogP contribution in [0.25, 0.3) is 6.08 Å². The van der Waals surface area contributed by atoms with E-state index < -0.39 is 0 Å². The number of carbonyl (C=O) groups is 2. The number of urea groups is 1. The van der Waals surface area contributed by atoms with Gasteiger partial charge < -0.3 is 10.1 Å². The molecule has 162 valence electrons. The molecule has 0 aromatic heterocycles. The Morgan fingerprint density at radius 1 is 1.06 bits per heavy atom. The van der Waals surface area contributed by atoms with Crippen molar-refractivity contribution in [2.45, 2.75) is 44.8 Å². The lowest BCUT2D eigenvalue weighted by atomic mass is 9.94. The van der Waals surface area contributed by atoms with E-state index in [1.807, 2.05) is 36.4 Å². The summed E-state index contributed by atoms with van der Waals surface area (Å²) in [6.45, 7) is 0.477. The van der Waals surface area contributed by atoms with E-state index in [1.54, 1.807) is 6.08 Å². The fourth-order valence-corrected chi connectivity index (χ4v) is 6.32. The number of benzene rings is 2. The third-order valence-electron chi connectivity index (χ3n) is 5.48. The van der Waals surface area contributed by atoms with Crippen LogP contribution in [-0.4, -0.2) is 22.9 Å². The molecule has 4 rings (SSSR count). The van der Waals surface area contributed by atoms with Gasteiger partial charge in [-0.2, -0.15) is 0 Å². The number of rotatable bonds is 5. The number of amides is 3. The Balaban J connectivity index is 1.49. The van der Waals surface area contributed by atoms with E-state index in [-0.39, 0.29) is 18.0 Å².